The molecule has 26 heavy (non-hydrogen) atoms. The molecule has 0 bridgehead atoms. The first-order chi connectivity index (χ1) is 12.2. The second kappa shape index (κ2) is 10.6. The molecule has 2 heterocycles. The van der Waals surface area contributed by atoms with Gasteiger partial charge in [0.05, 0.1) is 6.10 Å². The lowest BCUT2D eigenvalue weighted by atomic mass is 10.1. The van der Waals surface area contributed by atoms with Crippen molar-refractivity contribution < 1.29 is 4.74 Å². The maximum atomic E-state index is 6.17. The quantitative estimate of drug-likeness (QED) is 0.376. The molecule has 1 aromatic carbocycles. The highest BCUT2D eigenvalue weighted by molar-refractivity contribution is 14.0. The lowest BCUT2D eigenvalue weighted by Gasteiger charge is -2.22. The molecule has 0 radical (unpaired) electrons. The van der Waals surface area contributed by atoms with Gasteiger partial charge in [0, 0.05) is 50.5 Å². The predicted molar refractivity (Wildman–Crippen MR) is 120 cm³/mol. The van der Waals surface area contributed by atoms with Crippen LogP contribution in [0.5, 0.6) is 0 Å². The van der Waals surface area contributed by atoms with Gasteiger partial charge in [-0.1, -0.05) is 17.7 Å². The van der Waals surface area contributed by atoms with Crippen LogP contribution in [0.3, 0.4) is 0 Å². The Morgan fingerprint density at radius 1 is 1.31 bits per heavy atom. The molecule has 7 heteroatoms. The van der Waals surface area contributed by atoms with E-state index in [9.17, 15) is 0 Å². The Morgan fingerprint density at radius 2 is 2.12 bits per heavy atom. The Bertz CT molecular complexity index is 607. The number of anilines is 1. The standard InChI is InChI=1S/C19H29ClN4O.HI/c1-14-5-6-16(20)10-18(14)24-8-7-15(13-24)11-22-19(21-2)23-12-17-4-3-9-25-17;/h5-6,10,15,17H,3-4,7-9,11-13H2,1-2H3,(H2,21,22,23);1H. The topological polar surface area (TPSA) is 48.9 Å². The normalized spacial score (nSPS) is 23.0. The number of aliphatic imine (C=N–C) groups is 1. The fraction of sp³-hybridized carbons (Fsp3) is 0.632. The van der Waals surface area contributed by atoms with Gasteiger partial charge < -0.3 is 20.3 Å². The third kappa shape index (κ3) is 5.89. The van der Waals surface area contributed by atoms with E-state index in [1.165, 1.54) is 24.1 Å². The minimum Gasteiger partial charge on any atom is -0.376 e. The van der Waals surface area contributed by atoms with Crippen molar-refractivity contribution in [3.8, 4) is 0 Å². The number of ether oxygens (including phenoxy) is 1. The van der Waals surface area contributed by atoms with Gasteiger partial charge in [0.25, 0.3) is 0 Å². The first kappa shape index (κ1) is 21.6. The zero-order valence-electron chi connectivity index (χ0n) is 15.6. The molecular weight excluding hydrogens is 463 g/mol. The number of hydrogen-bond donors (Lipinski definition) is 2. The van der Waals surface area contributed by atoms with Crippen molar-refractivity contribution in [1.82, 2.24) is 10.6 Å². The van der Waals surface area contributed by atoms with E-state index in [-0.39, 0.29) is 24.0 Å². The molecule has 2 N–H and O–H groups in total. The van der Waals surface area contributed by atoms with E-state index in [0.717, 1.165) is 50.2 Å². The highest BCUT2D eigenvalue weighted by Gasteiger charge is 2.24. The van der Waals surface area contributed by atoms with Crippen LogP contribution in [-0.2, 0) is 4.74 Å². The summed E-state index contributed by atoms with van der Waals surface area (Å²) in [6.45, 7) is 6.93. The molecule has 1 aromatic rings. The van der Waals surface area contributed by atoms with E-state index in [2.05, 4.69) is 39.6 Å². The highest BCUT2D eigenvalue weighted by atomic mass is 127. The summed E-state index contributed by atoms with van der Waals surface area (Å²) in [6.07, 6.45) is 3.81. The number of guanidine groups is 1. The van der Waals surface area contributed by atoms with Gasteiger partial charge in [-0.25, -0.2) is 0 Å². The summed E-state index contributed by atoms with van der Waals surface area (Å²) in [6, 6.07) is 6.13. The predicted octanol–water partition coefficient (Wildman–Crippen LogP) is 3.44. The lowest BCUT2D eigenvalue weighted by Crippen LogP contribution is -2.43. The molecule has 2 aliphatic heterocycles. The minimum absolute atomic E-state index is 0. The summed E-state index contributed by atoms with van der Waals surface area (Å²) in [5.74, 6) is 1.48. The minimum atomic E-state index is 0. The molecule has 0 amide bonds. The zero-order valence-corrected chi connectivity index (χ0v) is 18.7. The average molecular weight is 493 g/mol. The van der Waals surface area contributed by atoms with E-state index in [0.29, 0.717) is 12.0 Å². The molecule has 2 atom stereocenters. The Hall–Kier alpha value is -0.730. The van der Waals surface area contributed by atoms with Crippen LogP contribution in [0.2, 0.25) is 5.02 Å². The Balaban J connectivity index is 0.00000243. The van der Waals surface area contributed by atoms with Crippen molar-refractivity contribution in [3.05, 3.63) is 28.8 Å². The molecule has 0 spiro atoms. The molecule has 0 aromatic heterocycles. The summed E-state index contributed by atoms with van der Waals surface area (Å²) < 4.78 is 5.65. The largest absolute Gasteiger partial charge is 0.376 e. The van der Waals surface area contributed by atoms with Crippen molar-refractivity contribution in [2.75, 3.05) is 44.7 Å². The first-order valence-electron chi connectivity index (χ1n) is 9.23. The van der Waals surface area contributed by atoms with Crippen LogP contribution in [-0.4, -0.2) is 51.9 Å². The molecule has 2 fully saturated rings. The highest BCUT2D eigenvalue weighted by Crippen LogP contribution is 2.29. The van der Waals surface area contributed by atoms with Crippen LogP contribution < -0.4 is 15.5 Å². The van der Waals surface area contributed by atoms with Crippen molar-refractivity contribution >= 4 is 47.2 Å². The van der Waals surface area contributed by atoms with Gasteiger partial charge in [-0.05, 0) is 49.8 Å². The molecule has 0 aliphatic carbocycles. The van der Waals surface area contributed by atoms with E-state index in [4.69, 9.17) is 16.3 Å². The first-order valence-corrected chi connectivity index (χ1v) is 9.60. The molecule has 146 valence electrons. The van der Waals surface area contributed by atoms with Crippen molar-refractivity contribution in [2.45, 2.75) is 32.3 Å². The summed E-state index contributed by atoms with van der Waals surface area (Å²) >= 11 is 6.17. The Morgan fingerprint density at radius 3 is 2.85 bits per heavy atom. The van der Waals surface area contributed by atoms with Crippen molar-refractivity contribution in [1.29, 1.82) is 0 Å². The second-order valence-electron chi connectivity index (χ2n) is 7.00. The zero-order chi connectivity index (χ0) is 17.6. The van der Waals surface area contributed by atoms with Gasteiger partial charge in [-0.15, -0.1) is 24.0 Å². The summed E-state index contributed by atoms with van der Waals surface area (Å²) in [7, 11) is 1.82. The number of nitrogens with one attached hydrogen (secondary N) is 2. The SMILES string of the molecule is CN=C(NCC1CCN(c2cc(Cl)ccc2C)C1)NCC1CCCO1.I. The van der Waals surface area contributed by atoms with Crippen LogP contribution in [0.4, 0.5) is 5.69 Å². The maximum absolute atomic E-state index is 6.17. The van der Waals surface area contributed by atoms with E-state index >= 15 is 0 Å². The number of rotatable bonds is 5. The van der Waals surface area contributed by atoms with Crippen LogP contribution in [0, 0.1) is 12.8 Å². The van der Waals surface area contributed by atoms with Gasteiger partial charge in [-0.3, -0.25) is 4.99 Å². The fourth-order valence-corrected chi connectivity index (χ4v) is 3.79. The van der Waals surface area contributed by atoms with Crippen LogP contribution in [0.1, 0.15) is 24.8 Å². The monoisotopic (exact) mass is 492 g/mol. The van der Waals surface area contributed by atoms with Crippen molar-refractivity contribution in [3.63, 3.8) is 0 Å². The number of halogens is 2. The molecule has 5 nitrogen and oxygen atoms in total. The van der Waals surface area contributed by atoms with Crippen molar-refractivity contribution in [2.24, 2.45) is 10.9 Å². The van der Waals surface area contributed by atoms with Crippen LogP contribution in [0.15, 0.2) is 23.2 Å². The van der Waals surface area contributed by atoms with Crippen LogP contribution >= 0.6 is 35.6 Å². The molecule has 2 aliphatic rings. The number of nitrogens with zero attached hydrogens (tertiary/aromatic N) is 2. The van der Waals surface area contributed by atoms with Gasteiger partial charge in [0.2, 0.25) is 0 Å². The fourth-order valence-electron chi connectivity index (χ4n) is 3.62. The second-order valence-corrected chi connectivity index (χ2v) is 7.44. The molecule has 0 saturated carbocycles. The Labute approximate surface area is 178 Å². The molecular formula is C19H30ClIN4O. The number of hydrogen-bond acceptors (Lipinski definition) is 3. The number of aryl methyl sites for hydroxylation is 1. The Kier molecular flexibility index (Phi) is 8.76. The third-order valence-electron chi connectivity index (χ3n) is 5.10. The maximum Gasteiger partial charge on any atom is 0.191 e. The molecule has 3 rings (SSSR count). The van der Waals surface area contributed by atoms with Gasteiger partial charge >= 0.3 is 0 Å². The average Bonchev–Trinajstić information content (AvgIpc) is 3.29. The van der Waals surface area contributed by atoms with E-state index < -0.39 is 0 Å². The van der Waals surface area contributed by atoms with E-state index in [1.807, 2.05) is 13.1 Å². The lowest BCUT2D eigenvalue weighted by molar-refractivity contribution is 0.114. The van der Waals surface area contributed by atoms with Gasteiger partial charge in [0.15, 0.2) is 5.96 Å². The third-order valence-corrected chi connectivity index (χ3v) is 5.34. The van der Waals surface area contributed by atoms with E-state index in [1.54, 1.807) is 0 Å². The van der Waals surface area contributed by atoms with Crippen LogP contribution in [0.25, 0.3) is 0 Å². The number of benzene rings is 1. The summed E-state index contributed by atoms with van der Waals surface area (Å²) in [4.78, 5) is 6.76. The van der Waals surface area contributed by atoms with Gasteiger partial charge in [-0.2, -0.15) is 0 Å². The summed E-state index contributed by atoms with van der Waals surface area (Å²) in [5.41, 5.74) is 2.54. The molecule has 2 saturated heterocycles. The summed E-state index contributed by atoms with van der Waals surface area (Å²) in [5, 5.41) is 7.65. The molecule has 2 unspecified atom stereocenters. The van der Waals surface area contributed by atoms with Gasteiger partial charge in [0.1, 0.15) is 0 Å². The smallest absolute Gasteiger partial charge is 0.191 e.